The third kappa shape index (κ3) is 4.04. The fraction of sp³-hybridized carbons (Fsp3) is 0.440. The van der Waals surface area contributed by atoms with Gasteiger partial charge in [0.1, 0.15) is 6.33 Å². The van der Waals surface area contributed by atoms with Crippen LogP contribution in [0.25, 0.3) is 11.4 Å². The summed E-state index contributed by atoms with van der Waals surface area (Å²) in [7, 11) is 1.51. The Morgan fingerprint density at radius 1 is 1.22 bits per heavy atom. The molecular formula is C25H28N8O3. The van der Waals surface area contributed by atoms with Gasteiger partial charge in [0.25, 0.3) is 5.91 Å². The average Bonchev–Trinajstić information content (AvgIpc) is 3.58. The lowest BCUT2D eigenvalue weighted by atomic mass is 9.44. The monoisotopic (exact) mass is 491 g/mol. The van der Waals surface area contributed by atoms with Gasteiger partial charge >= 0.3 is 0 Å². The Bertz CT molecular complexity index is 1440. The molecule has 11 nitrogen and oxygen atoms in total. The van der Waals surface area contributed by atoms with Gasteiger partial charge < -0.3 is 20.7 Å². The number of benzene rings is 1. The molecule has 4 aliphatic carbocycles. The number of nitrogens with zero attached hydrogens (tertiary/aromatic N) is 5. The molecule has 4 fully saturated rings. The second-order valence-electron chi connectivity index (χ2n) is 9.97. The van der Waals surface area contributed by atoms with E-state index >= 15 is 0 Å². The van der Waals surface area contributed by atoms with Gasteiger partial charge in [0.05, 0.1) is 24.0 Å². The second kappa shape index (κ2) is 8.58. The predicted octanol–water partition coefficient (Wildman–Crippen LogP) is 3.00. The van der Waals surface area contributed by atoms with Gasteiger partial charge in [0.15, 0.2) is 23.1 Å². The Morgan fingerprint density at radius 2 is 2.06 bits per heavy atom. The predicted molar refractivity (Wildman–Crippen MR) is 132 cm³/mol. The van der Waals surface area contributed by atoms with Crippen LogP contribution in [-0.4, -0.2) is 50.9 Å². The molecule has 0 unspecified atom stereocenters. The molecule has 4 saturated carbocycles. The van der Waals surface area contributed by atoms with Gasteiger partial charge in [-0.3, -0.25) is 14.3 Å². The summed E-state index contributed by atoms with van der Waals surface area (Å²) in [6, 6.07) is 6.79. The van der Waals surface area contributed by atoms with E-state index in [4.69, 9.17) is 8.85 Å². The van der Waals surface area contributed by atoms with E-state index in [1.54, 1.807) is 18.5 Å². The van der Waals surface area contributed by atoms with E-state index in [9.17, 15) is 9.59 Å². The highest BCUT2D eigenvalue weighted by Gasteiger charge is 2.56. The second-order valence-corrected chi connectivity index (χ2v) is 9.97. The molecule has 36 heavy (non-hydrogen) atoms. The van der Waals surface area contributed by atoms with Gasteiger partial charge in [-0.1, -0.05) is 6.07 Å². The largest absolute Gasteiger partial charge is 0.494 e. The van der Waals surface area contributed by atoms with Gasteiger partial charge in [-0.2, -0.15) is 5.10 Å². The number of amides is 2. The van der Waals surface area contributed by atoms with Crippen molar-refractivity contribution in [2.45, 2.75) is 38.6 Å². The number of hydrogen-bond acceptors (Lipinski definition) is 8. The SMILES string of the molecule is [2H]C([2H])([2H])NC(=O)c1nnc(NC(=O)C2CC2)cc1Nc1cccc(-c2ncn(CC34CC(C3)C4)n2)c1OC. The highest BCUT2D eigenvalue weighted by molar-refractivity contribution is 6.00. The first-order valence-corrected chi connectivity index (χ1v) is 12.0. The van der Waals surface area contributed by atoms with Crippen LogP contribution in [0.3, 0.4) is 0 Å². The molecule has 0 aliphatic heterocycles. The Labute approximate surface area is 212 Å². The van der Waals surface area contributed by atoms with Crippen molar-refractivity contribution in [1.82, 2.24) is 30.3 Å². The van der Waals surface area contributed by atoms with Gasteiger partial charge in [0, 0.05) is 29.6 Å². The molecule has 1 aromatic carbocycles. The molecular weight excluding hydrogens is 460 g/mol. The maximum absolute atomic E-state index is 12.8. The molecule has 2 heterocycles. The van der Waals surface area contributed by atoms with Crippen LogP contribution in [0, 0.1) is 17.3 Å². The van der Waals surface area contributed by atoms with Crippen LogP contribution in [0.5, 0.6) is 5.75 Å². The van der Waals surface area contributed by atoms with Gasteiger partial charge in [-0.05, 0) is 55.6 Å². The molecule has 2 aromatic heterocycles. The number of ether oxygens (including phenoxy) is 1. The van der Waals surface area contributed by atoms with Crippen molar-refractivity contribution in [3.63, 3.8) is 0 Å². The summed E-state index contributed by atoms with van der Waals surface area (Å²) < 4.78 is 29.8. The zero-order chi connectivity index (χ0) is 27.4. The van der Waals surface area contributed by atoms with Crippen LogP contribution in [-0.2, 0) is 11.3 Å². The number of methoxy groups -OCH3 is 1. The number of carbonyl (C=O) groups excluding carboxylic acids is 2. The number of rotatable bonds is 9. The number of anilines is 3. The lowest BCUT2D eigenvalue weighted by molar-refractivity contribution is -0.120. The quantitative estimate of drug-likeness (QED) is 0.416. The minimum Gasteiger partial charge on any atom is -0.494 e. The molecule has 0 atom stereocenters. The van der Waals surface area contributed by atoms with Crippen molar-refractivity contribution < 1.29 is 18.4 Å². The van der Waals surface area contributed by atoms with Crippen LogP contribution in [0.15, 0.2) is 30.6 Å². The first-order valence-electron chi connectivity index (χ1n) is 13.5. The number of para-hydroxylation sites is 1. The molecule has 3 N–H and O–H groups in total. The van der Waals surface area contributed by atoms with Crippen LogP contribution in [0.2, 0.25) is 0 Å². The van der Waals surface area contributed by atoms with Crippen LogP contribution < -0.4 is 20.7 Å². The summed E-state index contributed by atoms with van der Waals surface area (Å²) in [4.78, 5) is 29.5. The van der Waals surface area contributed by atoms with Crippen LogP contribution >= 0.6 is 0 Å². The summed E-state index contributed by atoms with van der Waals surface area (Å²) in [5.74, 6) is 0.720. The number of aromatic nitrogens is 5. The van der Waals surface area contributed by atoms with Crippen LogP contribution in [0.4, 0.5) is 17.2 Å². The molecule has 3 aromatic rings. The lowest BCUT2D eigenvalue weighted by Crippen LogP contribution is -2.54. The smallest absolute Gasteiger partial charge is 0.273 e. The third-order valence-corrected chi connectivity index (χ3v) is 7.25. The van der Waals surface area contributed by atoms with Crippen molar-refractivity contribution in [3.05, 3.63) is 36.3 Å². The number of carbonyl (C=O) groups is 2. The molecule has 0 spiro atoms. The zero-order valence-electron chi connectivity index (χ0n) is 22.7. The minimum atomic E-state index is -2.73. The summed E-state index contributed by atoms with van der Waals surface area (Å²) in [6.45, 7) is -1.88. The normalized spacial score (nSPS) is 23.2. The van der Waals surface area contributed by atoms with Crippen molar-refractivity contribution in [3.8, 4) is 17.1 Å². The highest BCUT2D eigenvalue weighted by Crippen LogP contribution is 2.65. The fourth-order valence-corrected chi connectivity index (χ4v) is 5.21. The van der Waals surface area contributed by atoms with Gasteiger partial charge in [0.2, 0.25) is 5.91 Å². The van der Waals surface area contributed by atoms with Gasteiger partial charge in [-0.25, -0.2) is 4.98 Å². The van der Waals surface area contributed by atoms with Crippen LogP contribution in [0.1, 0.15) is 46.7 Å². The first-order chi connectivity index (χ1) is 18.6. The third-order valence-electron chi connectivity index (χ3n) is 7.25. The Kier molecular flexibility index (Phi) is 4.57. The lowest BCUT2D eigenvalue weighted by Gasteiger charge is -2.61. The minimum absolute atomic E-state index is 0.0690. The average molecular weight is 492 g/mol. The summed E-state index contributed by atoms with van der Waals surface area (Å²) in [5, 5.41) is 20.3. The van der Waals surface area contributed by atoms with E-state index in [0.717, 1.165) is 25.3 Å². The molecule has 2 bridgehead atoms. The highest BCUT2D eigenvalue weighted by atomic mass is 16.5. The standard InChI is InChI=1S/C25H28N8O3/c1-26-24(35)20-18(8-19(30-31-20)29-23(34)15-6-7-15)28-17-5-3-4-16(21(17)36-2)22-27-13-33(32-22)12-25-9-14(10-25)11-25/h3-5,8,13-15H,6-7,9-12H2,1-2H3,(H,26,35)(H2,28,29,30,34)/i1D3. The fourth-order valence-electron chi connectivity index (χ4n) is 5.21. The molecule has 2 amide bonds. The molecule has 4 aliphatic rings. The van der Waals surface area contributed by atoms with Gasteiger partial charge in [-0.15, -0.1) is 10.2 Å². The Balaban J connectivity index is 1.30. The molecule has 0 radical (unpaired) electrons. The Hall–Kier alpha value is -4.02. The van der Waals surface area contributed by atoms with Crippen molar-refractivity contribution in [2.24, 2.45) is 17.3 Å². The maximum atomic E-state index is 12.8. The van der Waals surface area contributed by atoms with E-state index in [-0.39, 0.29) is 29.0 Å². The summed E-state index contributed by atoms with van der Waals surface area (Å²) >= 11 is 0. The summed E-state index contributed by atoms with van der Waals surface area (Å²) in [6.07, 6.45) is 7.11. The van der Waals surface area contributed by atoms with E-state index in [0.29, 0.717) is 28.2 Å². The van der Waals surface area contributed by atoms with E-state index in [2.05, 4.69) is 30.9 Å². The van der Waals surface area contributed by atoms with Crippen molar-refractivity contribution in [2.75, 3.05) is 24.7 Å². The number of nitrogens with one attached hydrogen (secondary N) is 3. The summed E-state index contributed by atoms with van der Waals surface area (Å²) in [5.41, 5.74) is 1.34. The molecule has 0 saturated heterocycles. The Morgan fingerprint density at radius 3 is 2.75 bits per heavy atom. The number of hydrogen-bond donors (Lipinski definition) is 3. The van der Waals surface area contributed by atoms with Crippen molar-refractivity contribution >= 4 is 29.0 Å². The first kappa shape index (κ1) is 19.2. The van der Waals surface area contributed by atoms with Crippen molar-refractivity contribution in [1.29, 1.82) is 0 Å². The molecule has 7 rings (SSSR count). The van der Waals surface area contributed by atoms with E-state index in [1.165, 1.54) is 32.4 Å². The maximum Gasteiger partial charge on any atom is 0.273 e. The molecule has 186 valence electrons. The molecule has 11 heteroatoms. The van der Waals surface area contributed by atoms with E-state index < -0.39 is 12.9 Å². The topological polar surface area (TPSA) is 136 Å². The zero-order valence-corrected chi connectivity index (χ0v) is 19.7. The van der Waals surface area contributed by atoms with E-state index in [1.807, 2.05) is 16.1 Å².